The molecule has 27 heavy (non-hydrogen) atoms. The summed E-state index contributed by atoms with van der Waals surface area (Å²) in [5, 5.41) is 2.97. The molecular weight excluding hydrogens is 362 g/mol. The van der Waals surface area contributed by atoms with Crippen LogP contribution in [0.25, 0.3) is 0 Å². The van der Waals surface area contributed by atoms with Gasteiger partial charge in [-0.25, -0.2) is 4.79 Å². The van der Waals surface area contributed by atoms with E-state index in [9.17, 15) is 9.59 Å². The third-order valence-electron chi connectivity index (χ3n) is 5.03. The summed E-state index contributed by atoms with van der Waals surface area (Å²) in [5.41, 5.74) is -0.606. The molecule has 0 aliphatic heterocycles. The number of nitrogens with one attached hydrogen (secondary N) is 1. The zero-order chi connectivity index (χ0) is 21.6. The van der Waals surface area contributed by atoms with Crippen molar-refractivity contribution in [1.82, 2.24) is 5.32 Å². The first kappa shape index (κ1) is 25.9. The molecule has 6 nitrogen and oxygen atoms in total. The maximum atomic E-state index is 12.3. The van der Waals surface area contributed by atoms with E-state index in [0.717, 1.165) is 0 Å². The van der Waals surface area contributed by atoms with Gasteiger partial charge in [0.05, 0.1) is 13.0 Å². The third-order valence-corrected chi connectivity index (χ3v) is 9.56. The molecule has 0 radical (unpaired) electrons. The molecule has 0 saturated heterocycles. The Hall–Kier alpha value is -1.08. The number of hydrogen-bond acceptors (Lipinski definition) is 5. The van der Waals surface area contributed by atoms with E-state index in [1.807, 2.05) is 34.6 Å². The van der Waals surface area contributed by atoms with Crippen LogP contribution in [-0.2, 0) is 18.7 Å². The number of ether oxygens (including phenoxy) is 2. The molecule has 0 aromatic heterocycles. The second-order valence-electron chi connectivity index (χ2n) is 9.94. The fourth-order valence-corrected chi connectivity index (χ4v) is 3.56. The van der Waals surface area contributed by atoms with Gasteiger partial charge in [-0.2, -0.15) is 0 Å². The quantitative estimate of drug-likeness (QED) is 0.468. The van der Waals surface area contributed by atoms with Crippen molar-refractivity contribution in [1.29, 1.82) is 0 Å². The van der Waals surface area contributed by atoms with Gasteiger partial charge in [0.1, 0.15) is 5.60 Å². The zero-order valence-corrected chi connectivity index (χ0v) is 20.2. The molecule has 1 N–H and O–H groups in total. The first-order valence-electron chi connectivity index (χ1n) is 9.73. The highest BCUT2D eigenvalue weighted by molar-refractivity contribution is 6.74. The van der Waals surface area contributed by atoms with E-state index in [0.29, 0.717) is 13.0 Å². The first-order chi connectivity index (χ1) is 12.0. The predicted octanol–water partition coefficient (Wildman–Crippen LogP) is 4.74. The Labute approximate surface area is 166 Å². The van der Waals surface area contributed by atoms with Gasteiger partial charge in [-0.05, 0) is 51.2 Å². The number of amides is 1. The number of carbonyl (C=O) groups excluding carboxylic acids is 2. The number of hydrogen-bond donors (Lipinski definition) is 1. The van der Waals surface area contributed by atoms with Crippen LogP contribution in [-0.4, -0.2) is 45.7 Å². The summed E-state index contributed by atoms with van der Waals surface area (Å²) in [5.74, 6) is -0.797. The molecule has 0 fully saturated rings. The van der Waals surface area contributed by atoms with Crippen molar-refractivity contribution in [2.45, 2.75) is 91.6 Å². The van der Waals surface area contributed by atoms with Crippen LogP contribution in [0.4, 0.5) is 4.79 Å². The Morgan fingerprint density at radius 2 is 1.56 bits per heavy atom. The fraction of sp³-hybridized carbons (Fsp3) is 0.900. The van der Waals surface area contributed by atoms with Crippen LogP contribution in [0, 0.1) is 11.8 Å². The van der Waals surface area contributed by atoms with Crippen LogP contribution < -0.4 is 5.32 Å². The van der Waals surface area contributed by atoms with Gasteiger partial charge in [0.2, 0.25) is 0 Å². The van der Waals surface area contributed by atoms with Crippen molar-refractivity contribution in [3.63, 3.8) is 0 Å². The van der Waals surface area contributed by atoms with Gasteiger partial charge in [-0.15, -0.1) is 0 Å². The van der Waals surface area contributed by atoms with Gasteiger partial charge in [0.15, 0.2) is 8.32 Å². The molecule has 7 heteroatoms. The number of esters is 1. The topological polar surface area (TPSA) is 73.9 Å². The highest BCUT2D eigenvalue weighted by Gasteiger charge is 2.38. The van der Waals surface area contributed by atoms with E-state index in [4.69, 9.17) is 13.9 Å². The SMILES string of the molecule is COC(=O)[C@H](C(C)C)[C@H](CCO[Si](C)(C)C(C)(C)C)NC(=O)OC(C)(C)C. The average molecular weight is 404 g/mol. The fourth-order valence-electron chi connectivity index (χ4n) is 2.50. The first-order valence-corrected chi connectivity index (χ1v) is 12.6. The molecule has 0 unspecified atom stereocenters. The molecule has 0 heterocycles. The second kappa shape index (κ2) is 9.91. The second-order valence-corrected chi connectivity index (χ2v) is 14.8. The van der Waals surface area contributed by atoms with Crippen molar-refractivity contribution in [2.75, 3.05) is 13.7 Å². The van der Waals surface area contributed by atoms with Crippen molar-refractivity contribution in [3.8, 4) is 0 Å². The summed E-state index contributed by atoms with van der Waals surface area (Å²) in [6.07, 6.45) is -0.0154. The van der Waals surface area contributed by atoms with E-state index in [-0.39, 0.29) is 16.9 Å². The number of rotatable bonds is 8. The average Bonchev–Trinajstić information content (AvgIpc) is 2.42. The van der Waals surface area contributed by atoms with Gasteiger partial charge < -0.3 is 19.2 Å². The number of methoxy groups -OCH3 is 1. The predicted molar refractivity (Wildman–Crippen MR) is 111 cm³/mol. The summed E-state index contributed by atoms with van der Waals surface area (Å²) in [6, 6.07) is -0.419. The molecule has 160 valence electrons. The van der Waals surface area contributed by atoms with Gasteiger partial charge in [-0.1, -0.05) is 34.6 Å². The minimum Gasteiger partial charge on any atom is -0.469 e. The van der Waals surface area contributed by atoms with Gasteiger partial charge in [0, 0.05) is 12.6 Å². The lowest BCUT2D eigenvalue weighted by atomic mass is 9.87. The highest BCUT2D eigenvalue weighted by atomic mass is 28.4. The Balaban J connectivity index is 5.29. The van der Waals surface area contributed by atoms with Gasteiger partial charge in [-0.3, -0.25) is 4.79 Å². The summed E-state index contributed by atoms with van der Waals surface area (Å²) in [6.45, 7) is 20.7. The molecule has 2 atom stereocenters. The molecule has 0 saturated carbocycles. The van der Waals surface area contributed by atoms with E-state index >= 15 is 0 Å². The Morgan fingerprint density at radius 1 is 1.04 bits per heavy atom. The number of alkyl carbamates (subject to hydrolysis) is 1. The largest absolute Gasteiger partial charge is 0.469 e. The van der Waals surface area contributed by atoms with Crippen LogP contribution in [0.3, 0.4) is 0 Å². The molecule has 0 aromatic carbocycles. The van der Waals surface area contributed by atoms with Gasteiger partial charge >= 0.3 is 12.1 Å². The summed E-state index contributed by atoms with van der Waals surface area (Å²) < 4.78 is 16.6. The standard InChI is InChI=1S/C20H41NO5Si/c1-14(2)16(17(22)24-9)15(21-18(23)26-19(3,4)5)12-13-25-27(10,11)20(6,7)8/h14-16H,12-13H2,1-11H3,(H,21,23)/t15-,16+/m0/s1. The van der Waals surface area contributed by atoms with Crippen LogP contribution in [0.1, 0.15) is 61.8 Å². The minimum absolute atomic E-state index is 0.00487. The molecule has 0 aromatic rings. The monoisotopic (exact) mass is 403 g/mol. The minimum atomic E-state index is -1.91. The Morgan fingerprint density at radius 3 is 1.93 bits per heavy atom. The summed E-state index contributed by atoms with van der Waals surface area (Å²) in [4.78, 5) is 24.6. The lowest BCUT2D eigenvalue weighted by Gasteiger charge is -2.37. The lowest BCUT2D eigenvalue weighted by Crippen LogP contribution is -2.49. The maximum absolute atomic E-state index is 12.3. The van der Waals surface area contributed by atoms with Crippen molar-refractivity contribution in [2.24, 2.45) is 11.8 Å². The highest BCUT2D eigenvalue weighted by Crippen LogP contribution is 2.36. The van der Waals surface area contributed by atoms with Crippen molar-refractivity contribution in [3.05, 3.63) is 0 Å². The third kappa shape index (κ3) is 9.10. The normalized spacial score (nSPS) is 15.3. The zero-order valence-electron chi connectivity index (χ0n) is 19.2. The van der Waals surface area contributed by atoms with E-state index in [1.54, 1.807) is 0 Å². The maximum Gasteiger partial charge on any atom is 0.407 e. The molecule has 0 aliphatic rings. The van der Waals surface area contributed by atoms with E-state index < -0.39 is 32.0 Å². The van der Waals surface area contributed by atoms with Crippen LogP contribution in [0.15, 0.2) is 0 Å². The van der Waals surface area contributed by atoms with E-state index in [2.05, 4.69) is 39.2 Å². The summed E-state index contributed by atoms with van der Waals surface area (Å²) in [7, 11) is -0.538. The number of carbonyl (C=O) groups is 2. The molecule has 0 bridgehead atoms. The van der Waals surface area contributed by atoms with Gasteiger partial charge in [0.25, 0.3) is 0 Å². The smallest absolute Gasteiger partial charge is 0.407 e. The summed E-state index contributed by atoms with van der Waals surface area (Å²) >= 11 is 0. The van der Waals surface area contributed by atoms with Crippen LogP contribution >= 0.6 is 0 Å². The van der Waals surface area contributed by atoms with Crippen LogP contribution in [0.5, 0.6) is 0 Å². The molecule has 0 aliphatic carbocycles. The van der Waals surface area contributed by atoms with Crippen molar-refractivity contribution < 1.29 is 23.5 Å². The van der Waals surface area contributed by atoms with Crippen LogP contribution in [0.2, 0.25) is 18.1 Å². The molecular formula is C20H41NO5Si. The van der Waals surface area contributed by atoms with E-state index in [1.165, 1.54) is 7.11 Å². The molecule has 0 rings (SSSR count). The Kier molecular flexibility index (Phi) is 9.52. The lowest BCUT2D eigenvalue weighted by molar-refractivity contribution is -0.148. The van der Waals surface area contributed by atoms with Crippen molar-refractivity contribution >= 4 is 20.4 Å². The Bertz CT molecular complexity index is 492. The molecule has 1 amide bonds. The molecule has 0 spiro atoms.